The van der Waals surface area contributed by atoms with Crippen LogP contribution in [0.25, 0.3) is 41.7 Å². The zero-order chi connectivity index (χ0) is 20.7. The van der Waals surface area contributed by atoms with Crippen LogP contribution in [0.2, 0.25) is 0 Å². The molecular weight excluding hydrogens is 387 g/mol. The Morgan fingerprint density at radius 3 is 2.13 bits per heavy atom. The molecular formula is C26H23BO2S. The summed E-state index contributed by atoms with van der Waals surface area (Å²) in [5, 5.41) is 7.77. The molecule has 1 aliphatic heterocycles. The molecule has 0 amide bonds. The van der Waals surface area contributed by atoms with Gasteiger partial charge in [-0.05, 0) is 78.3 Å². The van der Waals surface area contributed by atoms with E-state index in [0.717, 1.165) is 5.46 Å². The first-order valence-corrected chi connectivity index (χ1v) is 11.3. The van der Waals surface area contributed by atoms with Crippen LogP contribution in [-0.4, -0.2) is 18.3 Å². The van der Waals surface area contributed by atoms with Gasteiger partial charge in [0, 0.05) is 14.8 Å². The summed E-state index contributed by atoms with van der Waals surface area (Å²) in [5.74, 6) is 0. The smallest absolute Gasteiger partial charge is 0.399 e. The third-order valence-corrected chi connectivity index (χ3v) is 8.02. The minimum absolute atomic E-state index is 0.333. The fourth-order valence-electron chi connectivity index (χ4n) is 4.42. The summed E-state index contributed by atoms with van der Waals surface area (Å²) in [4.78, 5) is 0. The van der Waals surface area contributed by atoms with E-state index in [-0.39, 0.29) is 18.3 Å². The Hall–Kier alpha value is -2.40. The van der Waals surface area contributed by atoms with Crippen LogP contribution in [-0.2, 0) is 9.31 Å². The lowest BCUT2D eigenvalue weighted by Crippen LogP contribution is -2.41. The van der Waals surface area contributed by atoms with Crippen LogP contribution in [0.1, 0.15) is 27.7 Å². The highest BCUT2D eigenvalue weighted by Crippen LogP contribution is 2.39. The molecule has 30 heavy (non-hydrogen) atoms. The molecule has 0 spiro atoms. The van der Waals surface area contributed by atoms with Gasteiger partial charge in [-0.1, -0.05) is 48.5 Å². The second-order valence-corrected chi connectivity index (χ2v) is 10.4. The van der Waals surface area contributed by atoms with Gasteiger partial charge < -0.3 is 9.31 Å². The van der Waals surface area contributed by atoms with Crippen molar-refractivity contribution in [3.63, 3.8) is 0 Å². The van der Waals surface area contributed by atoms with E-state index >= 15 is 0 Å². The highest BCUT2D eigenvalue weighted by atomic mass is 32.1. The van der Waals surface area contributed by atoms with E-state index in [9.17, 15) is 0 Å². The van der Waals surface area contributed by atoms with E-state index in [0.29, 0.717) is 0 Å². The summed E-state index contributed by atoms with van der Waals surface area (Å²) < 4.78 is 15.2. The minimum Gasteiger partial charge on any atom is -0.399 e. The van der Waals surface area contributed by atoms with Crippen molar-refractivity contribution < 1.29 is 9.31 Å². The maximum Gasteiger partial charge on any atom is 0.494 e. The van der Waals surface area contributed by atoms with Crippen molar-refractivity contribution in [1.29, 1.82) is 0 Å². The molecule has 0 atom stereocenters. The second kappa shape index (κ2) is 6.07. The van der Waals surface area contributed by atoms with Crippen LogP contribution in [0.15, 0.2) is 66.7 Å². The van der Waals surface area contributed by atoms with Crippen LogP contribution in [0.3, 0.4) is 0 Å². The Morgan fingerprint density at radius 2 is 1.33 bits per heavy atom. The number of rotatable bonds is 1. The van der Waals surface area contributed by atoms with Crippen LogP contribution < -0.4 is 5.46 Å². The Balaban J connectivity index is 1.55. The summed E-state index contributed by atoms with van der Waals surface area (Å²) in [6.07, 6.45) is 0. The predicted molar refractivity (Wildman–Crippen MR) is 130 cm³/mol. The summed E-state index contributed by atoms with van der Waals surface area (Å²) in [7, 11) is -0.334. The van der Waals surface area contributed by atoms with Crippen molar-refractivity contribution >= 4 is 65.6 Å². The predicted octanol–water partition coefficient (Wildman–Crippen LogP) is 6.66. The number of thiophene rings is 1. The Labute approximate surface area is 180 Å². The first kappa shape index (κ1) is 18.4. The molecule has 1 aromatic heterocycles. The molecule has 1 saturated heterocycles. The third kappa shape index (κ3) is 2.57. The highest BCUT2D eigenvalue weighted by molar-refractivity contribution is 7.25. The van der Waals surface area contributed by atoms with Crippen LogP contribution >= 0.6 is 11.3 Å². The molecule has 2 nitrogen and oxygen atoms in total. The lowest BCUT2D eigenvalue weighted by Gasteiger charge is -2.32. The van der Waals surface area contributed by atoms with E-state index in [1.807, 2.05) is 11.3 Å². The molecule has 0 aliphatic carbocycles. The van der Waals surface area contributed by atoms with E-state index in [1.54, 1.807) is 0 Å². The lowest BCUT2D eigenvalue weighted by molar-refractivity contribution is 0.00578. The fourth-order valence-corrected chi connectivity index (χ4v) is 5.53. The van der Waals surface area contributed by atoms with Gasteiger partial charge in [-0.3, -0.25) is 0 Å². The number of hydrogen-bond acceptors (Lipinski definition) is 3. The van der Waals surface area contributed by atoms with Crippen molar-refractivity contribution in [3.8, 4) is 0 Å². The average Bonchev–Trinajstić information content (AvgIpc) is 3.18. The zero-order valence-corrected chi connectivity index (χ0v) is 18.5. The molecule has 0 bridgehead atoms. The molecule has 0 unspecified atom stereocenters. The molecule has 4 heteroatoms. The molecule has 148 valence electrons. The monoisotopic (exact) mass is 410 g/mol. The number of benzene rings is 4. The SMILES string of the molecule is CC1(C)OB(c2ccc3sc4cc5c(ccc6ccccc65)cc4c3c2)OC1(C)C. The van der Waals surface area contributed by atoms with Crippen molar-refractivity contribution in [2.45, 2.75) is 38.9 Å². The molecule has 1 fully saturated rings. The topological polar surface area (TPSA) is 18.5 Å². The molecule has 0 radical (unpaired) electrons. The summed E-state index contributed by atoms with van der Waals surface area (Å²) in [6, 6.07) is 24.4. The van der Waals surface area contributed by atoms with Gasteiger partial charge in [0.25, 0.3) is 0 Å². The van der Waals surface area contributed by atoms with Crippen molar-refractivity contribution in [2.75, 3.05) is 0 Å². The summed E-state index contributed by atoms with van der Waals surface area (Å²) in [6.45, 7) is 8.40. The Kier molecular flexibility index (Phi) is 3.72. The van der Waals surface area contributed by atoms with Gasteiger partial charge in [-0.2, -0.15) is 0 Å². The first-order valence-electron chi connectivity index (χ1n) is 10.5. The van der Waals surface area contributed by atoms with Gasteiger partial charge in [-0.15, -0.1) is 11.3 Å². The molecule has 5 aromatic rings. The standard InChI is InChI=1S/C26H23BO2S/c1-25(2)26(3,4)29-27(28-25)18-11-12-23-22(14-18)21-13-17-10-9-16-7-5-6-8-19(16)20(17)15-24(21)30-23/h5-15H,1-4H3. The molecule has 4 aromatic carbocycles. The van der Waals surface area contributed by atoms with Gasteiger partial charge in [0.1, 0.15) is 0 Å². The van der Waals surface area contributed by atoms with Crippen LogP contribution in [0, 0.1) is 0 Å². The third-order valence-electron chi connectivity index (χ3n) is 6.88. The molecule has 0 saturated carbocycles. The largest absolute Gasteiger partial charge is 0.494 e. The summed E-state index contributed by atoms with van der Waals surface area (Å²) in [5.41, 5.74) is 0.417. The van der Waals surface area contributed by atoms with Crippen LogP contribution in [0.4, 0.5) is 0 Å². The van der Waals surface area contributed by atoms with Gasteiger partial charge >= 0.3 is 7.12 Å². The van der Waals surface area contributed by atoms with Crippen LogP contribution in [0.5, 0.6) is 0 Å². The van der Waals surface area contributed by atoms with Crippen molar-refractivity contribution in [1.82, 2.24) is 0 Å². The lowest BCUT2D eigenvalue weighted by atomic mass is 9.78. The maximum atomic E-state index is 6.29. The van der Waals surface area contributed by atoms with Crippen molar-refractivity contribution in [3.05, 3.63) is 66.7 Å². The minimum atomic E-state index is -0.334. The molecule has 1 aliphatic rings. The molecule has 6 rings (SSSR count). The first-order chi connectivity index (χ1) is 14.3. The van der Waals surface area contributed by atoms with Gasteiger partial charge in [-0.25, -0.2) is 0 Å². The zero-order valence-electron chi connectivity index (χ0n) is 17.7. The molecule has 2 heterocycles. The van der Waals surface area contributed by atoms with Gasteiger partial charge in [0.05, 0.1) is 11.2 Å². The average molecular weight is 410 g/mol. The quantitative estimate of drug-likeness (QED) is 0.227. The normalized spacial score (nSPS) is 18.2. The maximum absolute atomic E-state index is 6.29. The highest BCUT2D eigenvalue weighted by Gasteiger charge is 2.51. The Morgan fingerprint density at radius 1 is 0.633 bits per heavy atom. The van der Waals surface area contributed by atoms with Gasteiger partial charge in [0.15, 0.2) is 0 Å². The fraction of sp³-hybridized carbons (Fsp3) is 0.231. The van der Waals surface area contributed by atoms with Gasteiger partial charge in [0.2, 0.25) is 0 Å². The molecule has 0 N–H and O–H groups in total. The number of fused-ring (bicyclic) bond motifs is 6. The van der Waals surface area contributed by atoms with E-state index < -0.39 is 0 Å². The van der Waals surface area contributed by atoms with E-state index in [1.165, 1.54) is 41.7 Å². The Bertz CT molecular complexity index is 1450. The number of hydrogen-bond donors (Lipinski definition) is 0. The second-order valence-electron chi connectivity index (χ2n) is 9.30. The van der Waals surface area contributed by atoms with Crippen molar-refractivity contribution in [2.24, 2.45) is 0 Å². The summed E-state index contributed by atoms with van der Waals surface area (Å²) >= 11 is 1.85. The van der Waals surface area contributed by atoms with E-state index in [4.69, 9.17) is 9.31 Å². The van der Waals surface area contributed by atoms with E-state index in [2.05, 4.69) is 94.4 Å².